The van der Waals surface area contributed by atoms with Crippen LogP contribution in [-0.4, -0.2) is 18.2 Å². The Morgan fingerprint density at radius 2 is 2.33 bits per heavy atom. The largest absolute Gasteiger partial charge is 0.504 e. The summed E-state index contributed by atoms with van der Waals surface area (Å²) in [5, 5.41) is 9.31. The number of phenols is 1. The van der Waals surface area contributed by atoms with E-state index in [1.54, 1.807) is 12.1 Å². The number of aromatic hydroxyl groups is 1. The minimum Gasteiger partial charge on any atom is -0.504 e. The number of benzene rings is 1. The average Bonchev–Trinajstić information content (AvgIpc) is 2.27. The highest BCUT2D eigenvalue weighted by atomic mass is 16.5. The summed E-state index contributed by atoms with van der Waals surface area (Å²) in [5.41, 5.74) is 0.736. The molecule has 0 atom stereocenters. The van der Waals surface area contributed by atoms with Crippen LogP contribution in [0.25, 0.3) is 0 Å². The van der Waals surface area contributed by atoms with Gasteiger partial charge in [0.25, 0.3) is 0 Å². The number of esters is 1. The molecule has 0 aliphatic rings. The second-order valence-corrected chi connectivity index (χ2v) is 2.82. The molecule has 0 heterocycles. The third kappa shape index (κ3) is 3.02. The van der Waals surface area contributed by atoms with E-state index in [9.17, 15) is 9.90 Å². The molecule has 0 aromatic heterocycles. The number of methoxy groups -OCH3 is 1. The number of hydrogen-bond donors (Lipinski definition) is 1. The van der Waals surface area contributed by atoms with Crippen molar-refractivity contribution < 1.29 is 19.4 Å². The first-order chi connectivity index (χ1) is 7.17. The van der Waals surface area contributed by atoms with E-state index in [2.05, 4.69) is 6.58 Å². The van der Waals surface area contributed by atoms with Gasteiger partial charge in [-0.3, -0.25) is 0 Å². The van der Waals surface area contributed by atoms with Crippen LogP contribution in [0.1, 0.15) is 5.56 Å². The van der Waals surface area contributed by atoms with Gasteiger partial charge in [-0.2, -0.15) is 0 Å². The summed E-state index contributed by atoms with van der Waals surface area (Å²) in [6.07, 6.45) is 1.09. The molecule has 4 nitrogen and oxygen atoms in total. The zero-order valence-electron chi connectivity index (χ0n) is 8.40. The predicted octanol–water partition coefficient (Wildman–Crippen LogP) is 1.63. The van der Waals surface area contributed by atoms with E-state index in [4.69, 9.17) is 9.47 Å². The Morgan fingerprint density at radius 3 is 2.93 bits per heavy atom. The van der Waals surface area contributed by atoms with E-state index in [0.717, 1.165) is 11.6 Å². The molecule has 0 unspecified atom stereocenters. The molecule has 0 amide bonds. The van der Waals surface area contributed by atoms with Gasteiger partial charge in [0.2, 0.25) is 0 Å². The Bertz CT molecular complexity index is 371. The molecule has 0 spiro atoms. The van der Waals surface area contributed by atoms with Crippen LogP contribution in [0.2, 0.25) is 0 Å². The molecule has 0 saturated carbocycles. The molecule has 0 aliphatic heterocycles. The summed E-state index contributed by atoms with van der Waals surface area (Å²) >= 11 is 0. The molecule has 0 radical (unpaired) electrons. The predicted molar refractivity (Wildman–Crippen MR) is 54.7 cm³/mol. The van der Waals surface area contributed by atoms with Crippen LogP contribution in [0.3, 0.4) is 0 Å². The van der Waals surface area contributed by atoms with Crippen LogP contribution in [0.4, 0.5) is 0 Å². The smallest absolute Gasteiger partial charge is 0.330 e. The minimum absolute atomic E-state index is 0.0521. The highest BCUT2D eigenvalue weighted by Gasteiger charge is 2.03. The van der Waals surface area contributed by atoms with Crippen molar-refractivity contribution in [1.82, 2.24) is 0 Å². The highest BCUT2D eigenvalue weighted by molar-refractivity contribution is 5.81. The van der Waals surface area contributed by atoms with E-state index in [-0.39, 0.29) is 12.4 Å². The van der Waals surface area contributed by atoms with Gasteiger partial charge in [0.1, 0.15) is 6.61 Å². The van der Waals surface area contributed by atoms with Gasteiger partial charge in [0.15, 0.2) is 11.5 Å². The van der Waals surface area contributed by atoms with Gasteiger partial charge in [-0.05, 0) is 17.7 Å². The van der Waals surface area contributed by atoms with Crippen molar-refractivity contribution in [3.05, 3.63) is 36.4 Å². The molecule has 0 saturated heterocycles. The monoisotopic (exact) mass is 208 g/mol. The Labute approximate surface area is 87.7 Å². The Kier molecular flexibility index (Phi) is 3.74. The normalized spacial score (nSPS) is 9.40. The summed E-state index contributed by atoms with van der Waals surface area (Å²) in [7, 11) is 1.45. The lowest BCUT2D eigenvalue weighted by atomic mass is 10.2. The lowest BCUT2D eigenvalue weighted by Gasteiger charge is -2.06. The average molecular weight is 208 g/mol. The van der Waals surface area contributed by atoms with Crippen molar-refractivity contribution in [1.29, 1.82) is 0 Å². The fourth-order valence-corrected chi connectivity index (χ4v) is 1.03. The number of ether oxygens (including phenoxy) is 2. The highest BCUT2D eigenvalue weighted by Crippen LogP contribution is 2.26. The Morgan fingerprint density at radius 1 is 1.60 bits per heavy atom. The van der Waals surface area contributed by atoms with Gasteiger partial charge in [-0.15, -0.1) is 0 Å². The van der Waals surface area contributed by atoms with Crippen molar-refractivity contribution >= 4 is 5.97 Å². The van der Waals surface area contributed by atoms with Crippen LogP contribution in [0, 0.1) is 0 Å². The zero-order chi connectivity index (χ0) is 11.3. The fraction of sp³-hybridized carbons (Fsp3) is 0.182. The standard InChI is InChI=1S/C11H12O4/c1-3-11(13)15-7-8-4-5-9(12)10(6-8)14-2/h3-6,12H,1,7H2,2H3. The molecule has 1 rings (SSSR count). The van der Waals surface area contributed by atoms with E-state index in [1.807, 2.05) is 0 Å². The van der Waals surface area contributed by atoms with Gasteiger partial charge in [-0.25, -0.2) is 4.79 Å². The second-order valence-electron chi connectivity index (χ2n) is 2.82. The van der Waals surface area contributed by atoms with E-state index >= 15 is 0 Å². The number of carbonyl (C=O) groups is 1. The first-order valence-electron chi connectivity index (χ1n) is 4.32. The summed E-state index contributed by atoms with van der Waals surface area (Å²) < 4.78 is 9.73. The molecule has 0 bridgehead atoms. The van der Waals surface area contributed by atoms with E-state index in [1.165, 1.54) is 13.2 Å². The lowest BCUT2D eigenvalue weighted by Crippen LogP contribution is -2.00. The molecule has 0 aliphatic carbocycles. The van der Waals surface area contributed by atoms with Crippen molar-refractivity contribution in [3.8, 4) is 11.5 Å². The molecular formula is C11H12O4. The molecule has 80 valence electrons. The third-order valence-corrected chi connectivity index (χ3v) is 1.79. The van der Waals surface area contributed by atoms with Crippen LogP contribution >= 0.6 is 0 Å². The molecule has 1 aromatic carbocycles. The van der Waals surface area contributed by atoms with Crippen molar-refractivity contribution in [2.45, 2.75) is 6.61 Å². The minimum atomic E-state index is -0.484. The summed E-state index contributed by atoms with van der Waals surface area (Å²) in [4.78, 5) is 10.8. The van der Waals surface area contributed by atoms with Gasteiger partial charge in [0.05, 0.1) is 7.11 Å². The summed E-state index contributed by atoms with van der Waals surface area (Å²) in [5.74, 6) is -0.0829. The van der Waals surface area contributed by atoms with Gasteiger partial charge < -0.3 is 14.6 Å². The van der Waals surface area contributed by atoms with Crippen molar-refractivity contribution in [2.75, 3.05) is 7.11 Å². The first-order valence-corrected chi connectivity index (χ1v) is 4.32. The first kappa shape index (κ1) is 11.1. The number of carbonyl (C=O) groups excluding carboxylic acids is 1. The van der Waals surface area contributed by atoms with E-state index in [0.29, 0.717) is 5.75 Å². The van der Waals surface area contributed by atoms with Crippen molar-refractivity contribution in [2.24, 2.45) is 0 Å². The summed E-state index contributed by atoms with van der Waals surface area (Å²) in [6.45, 7) is 3.41. The van der Waals surface area contributed by atoms with Crippen LogP contribution in [0.15, 0.2) is 30.9 Å². The number of phenolic OH excluding ortho intramolecular Hbond substituents is 1. The number of rotatable bonds is 4. The quantitative estimate of drug-likeness (QED) is 0.603. The van der Waals surface area contributed by atoms with Gasteiger partial charge in [-0.1, -0.05) is 12.6 Å². The third-order valence-electron chi connectivity index (χ3n) is 1.79. The van der Waals surface area contributed by atoms with Gasteiger partial charge in [0, 0.05) is 6.08 Å². The molecule has 1 N–H and O–H groups in total. The van der Waals surface area contributed by atoms with Crippen molar-refractivity contribution in [3.63, 3.8) is 0 Å². The maximum absolute atomic E-state index is 10.8. The molecule has 15 heavy (non-hydrogen) atoms. The molecular weight excluding hydrogens is 196 g/mol. The number of hydrogen-bond acceptors (Lipinski definition) is 4. The van der Waals surface area contributed by atoms with Crippen LogP contribution in [0.5, 0.6) is 11.5 Å². The SMILES string of the molecule is C=CC(=O)OCc1ccc(O)c(OC)c1. The lowest BCUT2D eigenvalue weighted by molar-refractivity contribution is -0.138. The molecule has 0 fully saturated rings. The van der Waals surface area contributed by atoms with Gasteiger partial charge >= 0.3 is 5.97 Å². The van der Waals surface area contributed by atoms with E-state index < -0.39 is 5.97 Å². The topological polar surface area (TPSA) is 55.8 Å². The fourth-order valence-electron chi connectivity index (χ4n) is 1.03. The Hall–Kier alpha value is -1.97. The maximum atomic E-state index is 10.8. The molecule has 1 aromatic rings. The summed E-state index contributed by atoms with van der Waals surface area (Å²) in [6, 6.07) is 4.73. The molecule has 4 heteroatoms. The second kappa shape index (κ2) is 5.05. The van der Waals surface area contributed by atoms with Crippen LogP contribution < -0.4 is 4.74 Å². The zero-order valence-corrected chi connectivity index (χ0v) is 8.40. The maximum Gasteiger partial charge on any atom is 0.330 e. The van der Waals surface area contributed by atoms with Crippen LogP contribution in [-0.2, 0) is 16.1 Å². The Balaban J connectivity index is 2.70.